The highest BCUT2D eigenvalue weighted by Crippen LogP contribution is 2.14. The first-order chi connectivity index (χ1) is 7.43. The number of hydrogen-bond acceptors (Lipinski definition) is 3. The lowest BCUT2D eigenvalue weighted by molar-refractivity contribution is 0.496. The van der Waals surface area contributed by atoms with E-state index in [0.717, 1.165) is 31.2 Å². The first-order valence-electron chi connectivity index (χ1n) is 5.32. The van der Waals surface area contributed by atoms with E-state index in [1.54, 1.807) is 6.20 Å². The van der Waals surface area contributed by atoms with Crippen LogP contribution in [0.25, 0.3) is 0 Å². The second-order valence-electron chi connectivity index (χ2n) is 3.84. The van der Waals surface area contributed by atoms with E-state index in [1.165, 1.54) is 12.8 Å². The monoisotopic (exact) mass is 203 g/mol. The van der Waals surface area contributed by atoms with Crippen molar-refractivity contribution in [2.45, 2.75) is 32.4 Å². The van der Waals surface area contributed by atoms with Crippen molar-refractivity contribution in [1.82, 2.24) is 24.5 Å². The first-order valence-corrected chi connectivity index (χ1v) is 5.32. The van der Waals surface area contributed by atoms with Crippen LogP contribution in [0.4, 0.5) is 0 Å². The number of nitrogens with zero attached hydrogens (tertiary/aromatic N) is 5. The van der Waals surface area contributed by atoms with Gasteiger partial charge in [0.15, 0.2) is 5.82 Å². The summed E-state index contributed by atoms with van der Waals surface area (Å²) < 4.78 is 4.11. The number of fused-ring (bicyclic) bond motifs is 1. The molecular weight excluding hydrogens is 190 g/mol. The Morgan fingerprint density at radius 1 is 1.27 bits per heavy atom. The van der Waals surface area contributed by atoms with Gasteiger partial charge in [0.25, 0.3) is 0 Å². The van der Waals surface area contributed by atoms with Crippen LogP contribution in [0.15, 0.2) is 18.5 Å². The molecule has 2 aromatic rings. The van der Waals surface area contributed by atoms with E-state index >= 15 is 0 Å². The van der Waals surface area contributed by atoms with Crippen LogP contribution in [0, 0.1) is 0 Å². The summed E-state index contributed by atoms with van der Waals surface area (Å²) in [6, 6.07) is 1.92. The molecule has 5 nitrogen and oxygen atoms in total. The van der Waals surface area contributed by atoms with Crippen LogP contribution < -0.4 is 0 Å². The van der Waals surface area contributed by atoms with Crippen LogP contribution in [-0.4, -0.2) is 24.5 Å². The van der Waals surface area contributed by atoms with Gasteiger partial charge >= 0.3 is 0 Å². The molecule has 0 N–H and O–H groups in total. The van der Waals surface area contributed by atoms with Gasteiger partial charge in [-0.15, -0.1) is 10.2 Å². The van der Waals surface area contributed by atoms with Gasteiger partial charge in [-0.1, -0.05) is 0 Å². The maximum atomic E-state index is 4.22. The maximum Gasteiger partial charge on any atom is 0.154 e. The Morgan fingerprint density at radius 3 is 3.13 bits per heavy atom. The van der Waals surface area contributed by atoms with Crippen molar-refractivity contribution in [1.29, 1.82) is 0 Å². The van der Waals surface area contributed by atoms with E-state index in [0.29, 0.717) is 0 Å². The van der Waals surface area contributed by atoms with Gasteiger partial charge in [-0.25, -0.2) is 0 Å². The van der Waals surface area contributed by atoms with Gasteiger partial charge in [0.05, 0.1) is 0 Å². The Balaban J connectivity index is 1.89. The molecule has 0 aromatic carbocycles. The van der Waals surface area contributed by atoms with Gasteiger partial charge in [-0.05, 0) is 18.9 Å². The molecule has 3 heterocycles. The van der Waals surface area contributed by atoms with Crippen LogP contribution in [0.2, 0.25) is 0 Å². The molecular formula is C10H13N5. The minimum Gasteiger partial charge on any atom is -0.313 e. The lowest BCUT2D eigenvalue weighted by Gasteiger charge is -2.14. The van der Waals surface area contributed by atoms with Gasteiger partial charge in [0.2, 0.25) is 0 Å². The van der Waals surface area contributed by atoms with Gasteiger partial charge in [0, 0.05) is 25.4 Å². The van der Waals surface area contributed by atoms with E-state index in [9.17, 15) is 0 Å². The lowest BCUT2D eigenvalue weighted by atomic mass is 10.2. The Labute approximate surface area is 87.7 Å². The van der Waals surface area contributed by atoms with Gasteiger partial charge in [-0.2, -0.15) is 5.10 Å². The predicted molar refractivity (Wildman–Crippen MR) is 54.3 cm³/mol. The fourth-order valence-electron chi connectivity index (χ4n) is 2.02. The van der Waals surface area contributed by atoms with E-state index in [1.807, 2.05) is 16.9 Å². The number of aryl methyl sites for hydroxylation is 1. The SMILES string of the molecule is c1cnn(Cc2nnc3n2CCCC3)c1. The fraction of sp³-hybridized carbons (Fsp3) is 0.500. The molecule has 1 aliphatic rings. The molecule has 5 heteroatoms. The molecule has 15 heavy (non-hydrogen) atoms. The number of rotatable bonds is 2. The summed E-state index contributed by atoms with van der Waals surface area (Å²) in [4.78, 5) is 0. The summed E-state index contributed by atoms with van der Waals surface area (Å²) in [7, 11) is 0. The van der Waals surface area contributed by atoms with E-state index < -0.39 is 0 Å². The van der Waals surface area contributed by atoms with Gasteiger partial charge < -0.3 is 4.57 Å². The van der Waals surface area contributed by atoms with Crippen molar-refractivity contribution in [3.63, 3.8) is 0 Å². The van der Waals surface area contributed by atoms with Crippen molar-refractivity contribution in [2.75, 3.05) is 0 Å². The second kappa shape index (κ2) is 3.49. The van der Waals surface area contributed by atoms with Crippen LogP contribution in [0.1, 0.15) is 24.5 Å². The standard InChI is InChI=1S/C10H13N5/c1-2-7-15-9(4-1)12-13-10(15)8-14-6-3-5-11-14/h3,5-6H,1-2,4,7-8H2. The molecule has 0 saturated carbocycles. The van der Waals surface area contributed by atoms with Crippen molar-refractivity contribution in [3.8, 4) is 0 Å². The van der Waals surface area contributed by atoms with E-state index in [4.69, 9.17) is 0 Å². The zero-order valence-electron chi connectivity index (χ0n) is 8.50. The lowest BCUT2D eigenvalue weighted by Crippen LogP contribution is -2.15. The van der Waals surface area contributed by atoms with Crippen LogP contribution in [0.5, 0.6) is 0 Å². The Morgan fingerprint density at radius 2 is 2.27 bits per heavy atom. The zero-order chi connectivity index (χ0) is 10.1. The van der Waals surface area contributed by atoms with Crippen LogP contribution >= 0.6 is 0 Å². The summed E-state index contributed by atoms with van der Waals surface area (Å²) in [5, 5.41) is 12.6. The van der Waals surface area contributed by atoms with Crippen LogP contribution in [-0.2, 0) is 19.5 Å². The Kier molecular flexibility index (Phi) is 2.01. The quantitative estimate of drug-likeness (QED) is 0.727. The summed E-state index contributed by atoms with van der Waals surface area (Å²) >= 11 is 0. The molecule has 0 aliphatic carbocycles. The predicted octanol–water partition coefficient (Wildman–Crippen LogP) is 0.859. The third-order valence-electron chi connectivity index (χ3n) is 2.80. The molecule has 0 unspecified atom stereocenters. The molecule has 3 rings (SSSR count). The smallest absolute Gasteiger partial charge is 0.154 e. The molecule has 0 spiro atoms. The topological polar surface area (TPSA) is 48.5 Å². The largest absolute Gasteiger partial charge is 0.313 e. The van der Waals surface area contributed by atoms with Crippen LogP contribution in [0.3, 0.4) is 0 Å². The number of aromatic nitrogens is 5. The summed E-state index contributed by atoms with van der Waals surface area (Å²) in [6.07, 6.45) is 7.26. The van der Waals surface area contributed by atoms with Gasteiger partial charge in [-0.3, -0.25) is 4.68 Å². The van der Waals surface area contributed by atoms with Crippen molar-refractivity contribution in [3.05, 3.63) is 30.1 Å². The molecule has 0 radical (unpaired) electrons. The Bertz CT molecular complexity index is 442. The maximum absolute atomic E-state index is 4.22. The minimum absolute atomic E-state index is 0.722. The molecule has 0 amide bonds. The minimum atomic E-state index is 0.722. The summed E-state index contributed by atoms with van der Waals surface area (Å²) in [6.45, 7) is 1.78. The summed E-state index contributed by atoms with van der Waals surface area (Å²) in [5.41, 5.74) is 0. The molecule has 1 aliphatic heterocycles. The Hall–Kier alpha value is -1.65. The third-order valence-corrected chi connectivity index (χ3v) is 2.80. The number of hydrogen-bond donors (Lipinski definition) is 0. The highest BCUT2D eigenvalue weighted by molar-refractivity contribution is 4.99. The first kappa shape index (κ1) is 8.64. The molecule has 78 valence electrons. The fourth-order valence-corrected chi connectivity index (χ4v) is 2.02. The molecule has 0 bridgehead atoms. The van der Waals surface area contributed by atoms with Gasteiger partial charge in [0.1, 0.15) is 12.4 Å². The molecule has 0 atom stereocenters. The highest BCUT2D eigenvalue weighted by Gasteiger charge is 2.15. The zero-order valence-corrected chi connectivity index (χ0v) is 8.50. The second-order valence-corrected chi connectivity index (χ2v) is 3.84. The van der Waals surface area contributed by atoms with E-state index in [2.05, 4.69) is 19.9 Å². The molecule has 0 saturated heterocycles. The summed E-state index contributed by atoms with van der Waals surface area (Å²) in [5.74, 6) is 2.15. The van der Waals surface area contributed by atoms with E-state index in [-0.39, 0.29) is 0 Å². The third kappa shape index (κ3) is 1.54. The normalized spacial score (nSPS) is 15.2. The molecule has 2 aromatic heterocycles. The van der Waals surface area contributed by atoms with Crippen molar-refractivity contribution >= 4 is 0 Å². The van der Waals surface area contributed by atoms with Crippen molar-refractivity contribution in [2.24, 2.45) is 0 Å². The highest BCUT2D eigenvalue weighted by atomic mass is 15.3. The van der Waals surface area contributed by atoms with Crippen molar-refractivity contribution < 1.29 is 0 Å². The molecule has 0 fully saturated rings. The average Bonchev–Trinajstić information content (AvgIpc) is 2.89. The average molecular weight is 203 g/mol.